The predicted molar refractivity (Wildman–Crippen MR) is 63.5 cm³/mol. The van der Waals surface area contributed by atoms with Gasteiger partial charge in [0.05, 0.1) is 18.2 Å². The van der Waals surface area contributed by atoms with Crippen molar-refractivity contribution in [2.45, 2.75) is 26.1 Å². The van der Waals surface area contributed by atoms with E-state index in [-0.39, 0.29) is 6.61 Å². The summed E-state index contributed by atoms with van der Waals surface area (Å²) >= 11 is 0. The van der Waals surface area contributed by atoms with Crippen LogP contribution >= 0.6 is 0 Å². The summed E-state index contributed by atoms with van der Waals surface area (Å²) < 4.78 is 4.63. The van der Waals surface area contributed by atoms with Gasteiger partial charge in [0.2, 0.25) is 0 Å². The number of carbonyl (C=O) groups excluding carboxylic acids is 1. The molecule has 96 valence electrons. The summed E-state index contributed by atoms with van der Waals surface area (Å²) in [6.45, 7) is 3.38. The third-order valence-corrected chi connectivity index (χ3v) is 2.64. The fourth-order valence-corrected chi connectivity index (χ4v) is 1.62. The van der Waals surface area contributed by atoms with E-state index in [9.17, 15) is 15.0 Å². The molecule has 0 saturated carbocycles. The third-order valence-electron chi connectivity index (χ3n) is 2.64. The maximum atomic E-state index is 11.3. The summed E-state index contributed by atoms with van der Waals surface area (Å²) in [5.74, 6) is -0.883. The van der Waals surface area contributed by atoms with Crippen molar-refractivity contribution in [2.24, 2.45) is 0 Å². The molecule has 0 saturated heterocycles. The Hall–Kier alpha value is -1.90. The van der Waals surface area contributed by atoms with Gasteiger partial charge < -0.3 is 14.9 Å². The second-order valence-corrected chi connectivity index (χ2v) is 3.77. The van der Waals surface area contributed by atoms with Gasteiger partial charge in [0.25, 0.3) is 0 Å². The number of hydrogen-bond donors (Lipinski definition) is 2. The van der Waals surface area contributed by atoms with Gasteiger partial charge in [-0.2, -0.15) is 5.26 Å². The second kappa shape index (κ2) is 6.15. The molecule has 2 unspecified atom stereocenters. The van der Waals surface area contributed by atoms with E-state index in [1.54, 1.807) is 32.0 Å². The average Bonchev–Trinajstić information content (AvgIpc) is 2.37. The smallest absolute Gasteiger partial charge is 0.338 e. The molecule has 5 nitrogen and oxygen atoms in total. The zero-order valence-corrected chi connectivity index (χ0v) is 10.3. The number of nitrogens with zero attached hydrogens (tertiary/aromatic N) is 1. The maximum absolute atomic E-state index is 11.3. The fraction of sp³-hybridized carbons (Fsp3) is 0.385. The SMILES string of the molecule is CCOC(=O)C(O)C(O)c1cccc(C#N)c1C. The van der Waals surface area contributed by atoms with Crippen LogP contribution in [0.1, 0.15) is 29.7 Å². The van der Waals surface area contributed by atoms with Crippen molar-refractivity contribution < 1.29 is 19.7 Å². The summed E-state index contributed by atoms with van der Waals surface area (Å²) in [6, 6.07) is 6.72. The van der Waals surface area contributed by atoms with E-state index in [0.717, 1.165) is 0 Å². The van der Waals surface area contributed by atoms with Crippen LogP contribution in [0.5, 0.6) is 0 Å². The van der Waals surface area contributed by atoms with E-state index in [4.69, 9.17) is 5.26 Å². The fourth-order valence-electron chi connectivity index (χ4n) is 1.62. The Labute approximate surface area is 105 Å². The minimum absolute atomic E-state index is 0.125. The largest absolute Gasteiger partial charge is 0.464 e. The standard InChI is InChI=1S/C13H15NO4/c1-3-18-13(17)12(16)11(15)10-6-4-5-9(7-14)8(10)2/h4-6,11-12,15-16H,3H2,1-2H3. The number of carbonyl (C=O) groups is 1. The molecule has 0 spiro atoms. The van der Waals surface area contributed by atoms with Crippen molar-refractivity contribution in [3.05, 3.63) is 34.9 Å². The first kappa shape index (κ1) is 14.2. The number of aliphatic hydroxyl groups is 2. The monoisotopic (exact) mass is 249 g/mol. The van der Waals surface area contributed by atoms with Gasteiger partial charge in [0.1, 0.15) is 6.10 Å². The van der Waals surface area contributed by atoms with Crippen LogP contribution in [0.2, 0.25) is 0 Å². The van der Waals surface area contributed by atoms with Crippen molar-refractivity contribution >= 4 is 5.97 Å². The summed E-state index contributed by atoms with van der Waals surface area (Å²) in [7, 11) is 0. The Kier molecular flexibility index (Phi) is 4.84. The Balaban J connectivity index is 3.01. The lowest BCUT2D eigenvalue weighted by molar-refractivity contribution is -0.159. The summed E-state index contributed by atoms with van der Waals surface area (Å²) in [4.78, 5) is 11.3. The van der Waals surface area contributed by atoms with Crippen LogP contribution in [0, 0.1) is 18.3 Å². The second-order valence-electron chi connectivity index (χ2n) is 3.77. The molecule has 2 atom stereocenters. The van der Waals surface area contributed by atoms with Crippen LogP contribution in [0.4, 0.5) is 0 Å². The van der Waals surface area contributed by atoms with Gasteiger partial charge in [-0.25, -0.2) is 4.79 Å². The molecule has 0 aliphatic heterocycles. The highest BCUT2D eigenvalue weighted by molar-refractivity contribution is 5.75. The highest BCUT2D eigenvalue weighted by atomic mass is 16.5. The van der Waals surface area contributed by atoms with Gasteiger partial charge in [0.15, 0.2) is 6.10 Å². The number of benzene rings is 1. The Morgan fingerprint density at radius 2 is 2.17 bits per heavy atom. The highest BCUT2D eigenvalue weighted by Crippen LogP contribution is 2.23. The molecule has 1 aromatic rings. The van der Waals surface area contributed by atoms with E-state index < -0.39 is 18.2 Å². The molecule has 1 aromatic carbocycles. The Morgan fingerprint density at radius 1 is 1.50 bits per heavy atom. The maximum Gasteiger partial charge on any atom is 0.338 e. The average molecular weight is 249 g/mol. The van der Waals surface area contributed by atoms with Crippen LogP contribution in [-0.4, -0.2) is 28.9 Å². The molecular formula is C13H15NO4. The number of hydrogen-bond acceptors (Lipinski definition) is 5. The molecule has 0 aliphatic rings. The molecule has 18 heavy (non-hydrogen) atoms. The molecule has 0 bridgehead atoms. The molecule has 0 aliphatic carbocycles. The van der Waals surface area contributed by atoms with E-state index in [2.05, 4.69) is 4.74 Å². The van der Waals surface area contributed by atoms with Gasteiger partial charge in [-0.3, -0.25) is 0 Å². The zero-order valence-electron chi connectivity index (χ0n) is 10.3. The Morgan fingerprint density at radius 3 is 2.72 bits per heavy atom. The summed E-state index contributed by atoms with van der Waals surface area (Å²) in [6.07, 6.45) is -3.06. The number of esters is 1. The van der Waals surface area contributed by atoms with Crippen LogP contribution in [-0.2, 0) is 9.53 Å². The third kappa shape index (κ3) is 2.86. The lowest BCUT2D eigenvalue weighted by Gasteiger charge is -2.18. The van der Waals surface area contributed by atoms with E-state index in [1.807, 2.05) is 6.07 Å². The van der Waals surface area contributed by atoms with Gasteiger partial charge in [-0.15, -0.1) is 0 Å². The summed E-state index contributed by atoms with van der Waals surface area (Å²) in [5, 5.41) is 28.4. The first-order valence-electron chi connectivity index (χ1n) is 5.55. The van der Waals surface area contributed by atoms with Crippen LogP contribution in [0.3, 0.4) is 0 Å². The number of aliphatic hydroxyl groups excluding tert-OH is 2. The molecule has 0 radical (unpaired) electrons. The van der Waals surface area contributed by atoms with E-state index in [0.29, 0.717) is 16.7 Å². The van der Waals surface area contributed by atoms with Crippen molar-refractivity contribution in [3.8, 4) is 6.07 Å². The Bertz CT molecular complexity index is 478. The highest BCUT2D eigenvalue weighted by Gasteiger charge is 2.28. The van der Waals surface area contributed by atoms with Crippen LogP contribution in [0.15, 0.2) is 18.2 Å². The minimum atomic E-state index is -1.66. The zero-order chi connectivity index (χ0) is 13.7. The van der Waals surface area contributed by atoms with Gasteiger partial charge in [0, 0.05) is 0 Å². The van der Waals surface area contributed by atoms with Crippen molar-refractivity contribution in [2.75, 3.05) is 6.61 Å². The normalized spacial score (nSPS) is 13.5. The van der Waals surface area contributed by atoms with E-state index >= 15 is 0 Å². The van der Waals surface area contributed by atoms with Crippen molar-refractivity contribution in [3.63, 3.8) is 0 Å². The van der Waals surface area contributed by atoms with Gasteiger partial charge in [-0.05, 0) is 31.0 Å². The first-order chi connectivity index (χ1) is 8.52. The van der Waals surface area contributed by atoms with Gasteiger partial charge >= 0.3 is 5.97 Å². The topological polar surface area (TPSA) is 90.6 Å². The molecule has 0 heterocycles. The minimum Gasteiger partial charge on any atom is -0.464 e. The van der Waals surface area contributed by atoms with E-state index in [1.165, 1.54) is 0 Å². The first-order valence-corrected chi connectivity index (χ1v) is 5.55. The number of ether oxygens (including phenoxy) is 1. The van der Waals surface area contributed by atoms with Crippen molar-refractivity contribution in [1.29, 1.82) is 5.26 Å². The number of nitriles is 1. The van der Waals surface area contributed by atoms with Crippen molar-refractivity contribution in [1.82, 2.24) is 0 Å². The summed E-state index contributed by atoms with van der Waals surface area (Å²) in [5.41, 5.74) is 1.27. The molecule has 5 heteroatoms. The van der Waals surface area contributed by atoms with Crippen LogP contribution < -0.4 is 0 Å². The van der Waals surface area contributed by atoms with Crippen LogP contribution in [0.25, 0.3) is 0 Å². The van der Waals surface area contributed by atoms with Gasteiger partial charge in [-0.1, -0.05) is 12.1 Å². The molecule has 0 aromatic heterocycles. The molecule has 0 fully saturated rings. The lowest BCUT2D eigenvalue weighted by Crippen LogP contribution is -2.30. The predicted octanol–water partition coefficient (Wildman–Crippen LogP) is 0.824. The molecular weight excluding hydrogens is 234 g/mol. The molecule has 2 N–H and O–H groups in total. The molecule has 0 amide bonds. The molecule has 1 rings (SSSR count). The number of rotatable bonds is 4. The quantitative estimate of drug-likeness (QED) is 0.771. The lowest BCUT2D eigenvalue weighted by atomic mass is 9.96.